The molecule has 0 N–H and O–H groups in total. The third-order valence-corrected chi connectivity index (χ3v) is 22.6. The average molecular weight is 1700 g/mol. The molecule has 126 heavy (non-hydrogen) atoms. The van der Waals surface area contributed by atoms with Crippen LogP contribution in [0.3, 0.4) is 0 Å². The zero-order chi connectivity index (χ0) is 91.5. The molecule has 22 aliphatic rings. The lowest BCUT2D eigenvalue weighted by molar-refractivity contribution is 0.00200. The van der Waals surface area contributed by atoms with Crippen molar-refractivity contribution in [3.63, 3.8) is 0 Å². The SMILES string of the molecule is COC12C=CC(OC)(C=C1)c1ccc(cc1)-c1ccc(c(C(=O)OC(C)(C)C)c1C(=O)OC(C)(C)C)-c1ccc(cc1)C1(OC)C=CC(OC)(C=C1)c1ccc(cc1)-c1ccc(c(C(=O)OC(C)(C)C)c1C(=O)OC(C)(C)C)-c1ccc(cc1)C1(OC)C=CC(OC)(C=C1)c1ccc(cc1)-c1ccc(c(C(=O)OC(C)(C)C)c1C(=O)OC(C)(C)C)-c1ccc2cc1. The fourth-order valence-corrected chi connectivity index (χ4v) is 16.5. The molecule has 18 heteroatoms. The third kappa shape index (κ3) is 18.5. The molecule has 0 saturated carbocycles. The molecule has 0 atom stereocenters. The van der Waals surface area contributed by atoms with E-state index in [0.29, 0.717) is 66.8 Å². The fourth-order valence-electron chi connectivity index (χ4n) is 16.5. The van der Waals surface area contributed by atoms with Gasteiger partial charge in [0.15, 0.2) is 0 Å². The maximum absolute atomic E-state index is 15.2. The number of hydrogen-bond donors (Lipinski definition) is 0. The molecule has 18 nitrogen and oxygen atoms in total. The smallest absolute Gasteiger partial charge is 0.340 e. The van der Waals surface area contributed by atoms with Crippen molar-refractivity contribution in [2.45, 2.75) is 192 Å². The molecule has 0 unspecified atom stereocenters. The van der Waals surface area contributed by atoms with Crippen LogP contribution in [-0.4, -0.2) is 112 Å². The van der Waals surface area contributed by atoms with Gasteiger partial charge in [-0.2, -0.15) is 0 Å². The van der Waals surface area contributed by atoms with E-state index in [1.807, 2.05) is 255 Å². The van der Waals surface area contributed by atoms with Crippen LogP contribution < -0.4 is 0 Å². The van der Waals surface area contributed by atoms with Crippen LogP contribution in [0.15, 0.2) is 255 Å². The lowest BCUT2D eigenvalue weighted by atomic mass is 9.80. The second-order valence-electron chi connectivity index (χ2n) is 38.2. The van der Waals surface area contributed by atoms with Crippen LogP contribution in [0.2, 0.25) is 0 Å². The summed E-state index contributed by atoms with van der Waals surface area (Å²) >= 11 is 0. The Morgan fingerprint density at radius 3 is 0.365 bits per heavy atom. The molecule has 0 saturated heterocycles. The maximum atomic E-state index is 15.2. The number of carbonyl (C=O) groups is 6. The zero-order valence-electron chi connectivity index (χ0n) is 76.6. The first-order chi connectivity index (χ1) is 59.1. The van der Waals surface area contributed by atoms with E-state index >= 15 is 28.8 Å². The molecule has 0 heterocycles. The third-order valence-electron chi connectivity index (χ3n) is 22.6. The van der Waals surface area contributed by atoms with Gasteiger partial charge >= 0.3 is 35.8 Å². The van der Waals surface area contributed by atoms with Gasteiger partial charge in [0.2, 0.25) is 0 Å². The van der Waals surface area contributed by atoms with Gasteiger partial charge in [0.05, 0.1) is 33.4 Å². The number of ether oxygens (including phenoxy) is 12. The minimum Gasteiger partial charge on any atom is -0.456 e. The van der Waals surface area contributed by atoms with Crippen molar-refractivity contribution < 1.29 is 85.6 Å². The Hall–Kier alpha value is -12.0. The van der Waals surface area contributed by atoms with E-state index in [2.05, 4.69) is 0 Å². The second-order valence-corrected chi connectivity index (χ2v) is 38.2. The number of rotatable bonds is 12. The van der Waals surface area contributed by atoms with Crippen molar-refractivity contribution in [2.75, 3.05) is 42.7 Å². The van der Waals surface area contributed by atoms with Gasteiger partial charge < -0.3 is 56.8 Å². The van der Waals surface area contributed by atoms with Crippen LogP contribution >= 0.6 is 0 Å². The van der Waals surface area contributed by atoms with Crippen molar-refractivity contribution in [1.82, 2.24) is 0 Å². The van der Waals surface area contributed by atoms with Crippen molar-refractivity contribution >= 4 is 35.8 Å². The highest BCUT2D eigenvalue weighted by atomic mass is 16.6. The molecule has 0 amide bonds. The predicted molar refractivity (Wildman–Crippen MR) is 490 cm³/mol. The van der Waals surface area contributed by atoms with Crippen LogP contribution in [0.5, 0.6) is 0 Å². The molecule has 0 radical (unpaired) electrons. The highest BCUT2D eigenvalue weighted by Gasteiger charge is 2.44. The quantitative estimate of drug-likeness (QED) is 0.0632. The van der Waals surface area contributed by atoms with Gasteiger partial charge in [0, 0.05) is 42.7 Å². The molecule has 31 rings (SSSR count). The normalized spacial score (nSPS) is 20.8. The summed E-state index contributed by atoms with van der Waals surface area (Å²) in [5, 5.41) is 0. The highest BCUT2D eigenvalue weighted by molar-refractivity contribution is 6.15. The molecule has 9 aromatic rings. The first-order valence-corrected chi connectivity index (χ1v) is 42.2. The van der Waals surface area contributed by atoms with Crippen LogP contribution in [0.4, 0.5) is 0 Å². The van der Waals surface area contributed by atoms with E-state index < -0.39 is 103 Å². The molecule has 654 valence electrons. The molecular weight excluding hydrogens is 1590 g/mol. The molecule has 24 bridgehead atoms. The second kappa shape index (κ2) is 34.1. The van der Waals surface area contributed by atoms with Crippen molar-refractivity contribution in [3.05, 3.63) is 322 Å². The van der Waals surface area contributed by atoms with Crippen molar-refractivity contribution in [2.24, 2.45) is 0 Å². The van der Waals surface area contributed by atoms with Gasteiger partial charge in [-0.05, 0) is 298 Å². The number of carbonyl (C=O) groups excluding carboxylic acids is 6. The van der Waals surface area contributed by atoms with Crippen molar-refractivity contribution in [3.8, 4) is 66.8 Å². The summed E-state index contributed by atoms with van der Waals surface area (Å²) in [7, 11) is 9.69. The lowest BCUT2D eigenvalue weighted by Gasteiger charge is -2.36. The van der Waals surface area contributed by atoms with Gasteiger partial charge in [0.1, 0.15) is 67.2 Å². The summed E-state index contributed by atoms with van der Waals surface area (Å²) in [6.07, 6.45) is 23.1. The minimum absolute atomic E-state index is 0.00504. The van der Waals surface area contributed by atoms with Crippen LogP contribution in [0.1, 0.15) is 220 Å². The van der Waals surface area contributed by atoms with E-state index in [9.17, 15) is 0 Å². The molecule has 22 aliphatic carbocycles. The number of esters is 6. The van der Waals surface area contributed by atoms with E-state index in [1.165, 1.54) is 0 Å². The Morgan fingerprint density at radius 1 is 0.175 bits per heavy atom. The molecule has 0 aromatic heterocycles. The molecule has 0 spiro atoms. The lowest BCUT2D eigenvalue weighted by Crippen LogP contribution is -2.33. The number of benzene rings is 9. The van der Waals surface area contributed by atoms with E-state index in [-0.39, 0.29) is 33.4 Å². The standard InChI is InChI=1S/C108H114O18/c1-97(2,3)121-91(109)85-79-49-50-80(86(85)92(110)122-98(4,5)6)68-27-39-74(40-28-68)104(116-20)59-61-106(118-22,62-60-104)76-43-31-70(32-44-76)82-53-54-84(90(96(114)126-102(16,17)18)88(82)94(112)124-100(10,11)12)72-35-47-78(48-36-72)108(120-24)65-63-107(119-23,64-66-108)77-45-33-71(34-46-77)83-52-51-81(87(93(111)123-99(7,8)9)89(83)95(113)125-101(13,14)15)69-29-41-75(42-30-69)105(117-21)57-55-103(115-19,56-58-105)73-37-25-67(79)26-38-73/h25-66H,1-24H3. The predicted octanol–water partition coefficient (Wildman–Crippen LogP) is 23.3. The number of hydrogen-bond acceptors (Lipinski definition) is 18. The van der Waals surface area contributed by atoms with Gasteiger partial charge in [-0.3, -0.25) is 0 Å². The summed E-state index contributed by atoms with van der Waals surface area (Å²) in [6, 6.07) is 56.3. The Bertz CT molecular complexity index is 4910. The van der Waals surface area contributed by atoms with Gasteiger partial charge in [-0.15, -0.1) is 0 Å². The summed E-state index contributed by atoms with van der Waals surface area (Å²) in [5.41, 5.74) is -2.28. The minimum atomic E-state index is -1.13. The Balaban J connectivity index is 0.978. The van der Waals surface area contributed by atoms with Gasteiger partial charge in [-0.25, -0.2) is 28.8 Å². The average Bonchev–Trinajstić information content (AvgIpc) is 0.732. The highest BCUT2D eigenvalue weighted by Crippen LogP contribution is 2.49. The Morgan fingerprint density at radius 2 is 0.278 bits per heavy atom. The van der Waals surface area contributed by atoms with E-state index in [1.54, 1.807) is 167 Å². The summed E-state index contributed by atoms with van der Waals surface area (Å²) in [6.45, 7) is 31.9. The maximum Gasteiger partial charge on any atom is 0.340 e. The van der Waals surface area contributed by atoms with E-state index in [0.717, 1.165) is 33.4 Å². The van der Waals surface area contributed by atoms with Crippen LogP contribution in [0.25, 0.3) is 66.8 Å². The Labute approximate surface area is 740 Å². The Kier molecular flexibility index (Phi) is 24.8. The van der Waals surface area contributed by atoms with Gasteiger partial charge in [-0.1, -0.05) is 182 Å². The largest absolute Gasteiger partial charge is 0.456 e. The van der Waals surface area contributed by atoms with Crippen LogP contribution in [0, 0.1) is 0 Å². The molecular formula is C108H114O18. The summed E-state index contributed by atoms with van der Waals surface area (Å²) in [4.78, 5) is 90.9. The zero-order valence-corrected chi connectivity index (χ0v) is 76.6. The first kappa shape index (κ1) is 91.7. The van der Waals surface area contributed by atoms with Gasteiger partial charge in [0.25, 0.3) is 0 Å². The first-order valence-electron chi connectivity index (χ1n) is 42.2. The molecule has 0 fully saturated rings. The number of methoxy groups -OCH3 is 6. The van der Waals surface area contributed by atoms with Crippen LogP contribution in [-0.2, 0) is 90.4 Å². The van der Waals surface area contributed by atoms with E-state index in [4.69, 9.17) is 56.8 Å². The molecule has 9 aromatic carbocycles. The topological polar surface area (TPSA) is 213 Å². The monoisotopic (exact) mass is 1700 g/mol. The molecule has 0 aliphatic heterocycles. The summed E-state index contributed by atoms with van der Waals surface area (Å²) < 4.78 is 75.8. The van der Waals surface area contributed by atoms with Crippen molar-refractivity contribution in [1.29, 1.82) is 0 Å². The summed E-state index contributed by atoms with van der Waals surface area (Å²) in [5.74, 6) is -4.43. The fraction of sp³-hybridized carbons (Fsp3) is 0.333.